The van der Waals surface area contributed by atoms with Crippen molar-refractivity contribution in [2.45, 2.75) is 58.1 Å². The Morgan fingerprint density at radius 3 is 2.51 bits per heavy atom. The van der Waals surface area contributed by atoms with Crippen LogP contribution in [0.15, 0.2) is 67.0 Å². The molecule has 53 heavy (non-hydrogen) atoms. The molecule has 5 rings (SSSR count). The number of aliphatic carboxylic acids is 1. The van der Waals surface area contributed by atoms with Crippen LogP contribution in [0, 0.1) is 29.6 Å². The van der Waals surface area contributed by atoms with Gasteiger partial charge in [0.2, 0.25) is 0 Å². The first-order valence-corrected chi connectivity index (χ1v) is 17.6. The highest BCUT2D eigenvalue weighted by atomic mass is 35.5. The number of nitriles is 2. The summed E-state index contributed by atoms with van der Waals surface area (Å²) in [7, 11) is 0. The molecule has 1 aliphatic heterocycles. The second-order valence-corrected chi connectivity index (χ2v) is 13.5. The number of hydrogen-bond acceptors (Lipinski definition) is 11. The number of hydrogen-bond donors (Lipinski definition) is 4. The molecule has 1 aliphatic rings. The lowest BCUT2D eigenvalue weighted by Gasteiger charge is -2.25. The molecule has 0 radical (unpaired) electrons. The van der Waals surface area contributed by atoms with Crippen molar-refractivity contribution in [2.24, 2.45) is 0 Å². The minimum Gasteiger partial charge on any atom is -0.492 e. The fraction of sp³-hybridized carbons (Fsp3) is 0.350. The van der Waals surface area contributed by atoms with Crippen LogP contribution < -0.4 is 19.5 Å². The normalized spacial score (nSPS) is 15.3. The maximum Gasteiger partial charge on any atom is 0.326 e. The number of ether oxygens (including phenoxy) is 3. The third kappa shape index (κ3) is 9.82. The molecule has 1 fully saturated rings. The van der Waals surface area contributed by atoms with Gasteiger partial charge < -0.3 is 34.4 Å². The summed E-state index contributed by atoms with van der Waals surface area (Å²) in [5.74, 6) is -0.0382. The maximum absolute atomic E-state index is 11.8. The van der Waals surface area contributed by atoms with Gasteiger partial charge in [-0.2, -0.15) is 10.5 Å². The van der Waals surface area contributed by atoms with Crippen LogP contribution in [0.4, 0.5) is 0 Å². The topological polar surface area (TPSA) is 181 Å². The number of aliphatic hydroxyl groups excluding tert-OH is 2. The van der Waals surface area contributed by atoms with E-state index in [2.05, 4.69) is 27.3 Å². The summed E-state index contributed by atoms with van der Waals surface area (Å²) in [6.45, 7) is 5.70. The minimum atomic E-state index is -1.61. The van der Waals surface area contributed by atoms with Crippen LogP contribution >= 0.6 is 11.6 Å². The molecule has 1 saturated heterocycles. The third-order valence-electron chi connectivity index (χ3n) is 9.27. The van der Waals surface area contributed by atoms with Crippen molar-refractivity contribution in [3.8, 4) is 40.5 Å². The molecule has 0 saturated carbocycles. The second-order valence-electron chi connectivity index (χ2n) is 13.1. The zero-order valence-corrected chi connectivity index (χ0v) is 30.4. The number of nitrogens with one attached hydrogen (secondary N) is 1. The minimum absolute atomic E-state index is 0.00289. The summed E-state index contributed by atoms with van der Waals surface area (Å²) in [6, 6.07) is 20.6. The van der Waals surface area contributed by atoms with Crippen molar-refractivity contribution in [2.75, 3.05) is 32.8 Å². The van der Waals surface area contributed by atoms with E-state index in [0.29, 0.717) is 52.7 Å². The Morgan fingerprint density at radius 1 is 1.02 bits per heavy atom. The Hall–Kier alpha value is -5.21. The van der Waals surface area contributed by atoms with Crippen molar-refractivity contribution in [3.05, 3.63) is 105 Å². The van der Waals surface area contributed by atoms with Gasteiger partial charge in [-0.3, -0.25) is 15.1 Å². The van der Waals surface area contributed by atoms with E-state index in [4.69, 9.17) is 25.8 Å². The molecular weight excluding hydrogens is 698 g/mol. The molecule has 0 spiro atoms. The highest BCUT2D eigenvalue weighted by Crippen LogP contribution is 2.36. The molecule has 12 nitrogen and oxygen atoms in total. The van der Waals surface area contributed by atoms with Gasteiger partial charge in [-0.05, 0) is 61.6 Å². The van der Waals surface area contributed by atoms with Crippen LogP contribution in [0.1, 0.15) is 53.1 Å². The number of halogens is 1. The molecule has 4 N–H and O–H groups in total. The molecule has 0 bridgehead atoms. The average Bonchev–Trinajstić information content (AvgIpc) is 3.59. The highest BCUT2D eigenvalue weighted by Gasteiger charge is 2.32. The molecule has 2 atom stereocenters. The summed E-state index contributed by atoms with van der Waals surface area (Å²) in [5, 5.41) is 51.8. The quantitative estimate of drug-likeness (QED) is 0.102. The number of rotatable bonds is 17. The summed E-state index contributed by atoms with van der Waals surface area (Å²) in [5.41, 5.74) is 3.73. The van der Waals surface area contributed by atoms with Gasteiger partial charge in [0.05, 0.1) is 29.9 Å². The van der Waals surface area contributed by atoms with Crippen molar-refractivity contribution in [1.82, 2.24) is 15.2 Å². The predicted octanol–water partition coefficient (Wildman–Crippen LogP) is 5.37. The van der Waals surface area contributed by atoms with E-state index in [-0.39, 0.29) is 30.9 Å². The molecular formula is C40H42ClN5O7. The number of carboxylic acid groups (broad SMARTS) is 1. The van der Waals surface area contributed by atoms with E-state index in [1.807, 2.05) is 37.3 Å². The zero-order valence-electron chi connectivity index (χ0n) is 29.6. The predicted molar refractivity (Wildman–Crippen MR) is 198 cm³/mol. The summed E-state index contributed by atoms with van der Waals surface area (Å²) < 4.78 is 18.5. The smallest absolute Gasteiger partial charge is 0.326 e. The van der Waals surface area contributed by atoms with Gasteiger partial charge in [0.25, 0.3) is 0 Å². The fourth-order valence-electron chi connectivity index (χ4n) is 6.00. The Bertz CT molecular complexity index is 2010. The largest absolute Gasteiger partial charge is 0.492 e. The maximum atomic E-state index is 11.8. The Kier molecular flexibility index (Phi) is 13.3. The van der Waals surface area contributed by atoms with Crippen LogP contribution in [-0.2, 0) is 24.6 Å². The van der Waals surface area contributed by atoms with E-state index >= 15 is 0 Å². The van der Waals surface area contributed by atoms with E-state index < -0.39 is 18.1 Å². The van der Waals surface area contributed by atoms with Gasteiger partial charge in [0.15, 0.2) is 0 Å². The van der Waals surface area contributed by atoms with Crippen molar-refractivity contribution in [1.29, 1.82) is 10.5 Å². The van der Waals surface area contributed by atoms with Gasteiger partial charge in [-0.1, -0.05) is 41.9 Å². The number of carboxylic acids is 1. The van der Waals surface area contributed by atoms with Gasteiger partial charge >= 0.3 is 5.97 Å². The van der Waals surface area contributed by atoms with Gasteiger partial charge in [0.1, 0.15) is 53.7 Å². The zero-order chi connectivity index (χ0) is 38.0. The number of β-amino-alcohol motifs (C(OH)–C–C–N with tert-alkyl or cyclic N) is 1. The van der Waals surface area contributed by atoms with Crippen LogP contribution in [0.25, 0.3) is 11.1 Å². The highest BCUT2D eigenvalue weighted by molar-refractivity contribution is 6.32. The number of likely N-dealkylation sites (tertiary alicyclic amines) is 1. The van der Waals surface area contributed by atoms with Crippen LogP contribution in [-0.4, -0.2) is 75.7 Å². The Labute approximate surface area is 313 Å². The van der Waals surface area contributed by atoms with E-state index in [1.54, 1.807) is 30.5 Å². The number of pyridine rings is 1. The lowest BCUT2D eigenvalue weighted by molar-refractivity contribution is -0.145. The molecule has 13 heteroatoms. The second kappa shape index (κ2) is 18.0. The van der Waals surface area contributed by atoms with Crippen molar-refractivity contribution >= 4 is 17.6 Å². The first-order valence-electron chi connectivity index (χ1n) is 17.2. The lowest BCUT2D eigenvalue weighted by atomic mass is 9.93. The number of carbonyl (C=O) groups is 1. The molecule has 2 heterocycles. The monoisotopic (exact) mass is 739 g/mol. The lowest BCUT2D eigenvalue weighted by Crippen LogP contribution is -2.52. The first-order chi connectivity index (χ1) is 25.5. The Balaban J connectivity index is 1.34. The molecule has 0 amide bonds. The SMILES string of the molecule is Cc1c(COc2cc(OCc3cncc(C#N)c3)c(CNC(C)(CO)C(=O)O)cc2Cl)cccc1-c1cccc(OCCCN2CC[C@@H](O)C2)c1C#N. The summed E-state index contributed by atoms with van der Waals surface area (Å²) in [6.07, 6.45) is 4.33. The van der Waals surface area contributed by atoms with Gasteiger partial charge in [0, 0.05) is 61.3 Å². The fourth-order valence-corrected chi connectivity index (χ4v) is 6.24. The molecule has 4 aromatic rings. The van der Waals surface area contributed by atoms with Crippen molar-refractivity contribution in [3.63, 3.8) is 0 Å². The van der Waals surface area contributed by atoms with E-state index in [1.165, 1.54) is 13.1 Å². The molecule has 0 aliphatic carbocycles. The Morgan fingerprint density at radius 2 is 1.79 bits per heavy atom. The van der Waals surface area contributed by atoms with Crippen molar-refractivity contribution < 1.29 is 34.3 Å². The van der Waals surface area contributed by atoms with Crippen LogP contribution in [0.3, 0.4) is 0 Å². The van der Waals surface area contributed by atoms with E-state index in [0.717, 1.165) is 48.2 Å². The molecule has 276 valence electrons. The number of aromatic nitrogens is 1. The van der Waals surface area contributed by atoms with Crippen LogP contribution in [0.5, 0.6) is 17.2 Å². The standard InChI is InChI=1S/C40H42ClN5O7/c1-26-29(6-3-7-32(26)33-8-4-9-36(34(33)18-43)51-13-5-11-46-12-10-31(48)22-46)24-53-38-16-37(52-23-28-14-27(17-42)19-44-20-28)30(15-35(38)41)21-45-40(2,25-47)39(49)50/h3-4,6-9,14-16,19-20,31,45,47-48H,5,10-13,21-25H2,1-2H3,(H,49,50)/t31-,40?/m1/s1. The molecule has 3 aromatic carbocycles. The number of aliphatic hydroxyl groups is 2. The molecule has 1 unspecified atom stereocenters. The third-order valence-corrected chi connectivity index (χ3v) is 9.57. The van der Waals surface area contributed by atoms with Crippen LogP contribution in [0.2, 0.25) is 5.02 Å². The first kappa shape index (κ1) is 39.0. The van der Waals surface area contributed by atoms with Gasteiger partial charge in [-0.15, -0.1) is 0 Å². The average molecular weight is 740 g/mol. The number of benzene rings is 3. The van der Waals surface area contributed by atoms with E-state index in [9.17, 15) is 30.6 Å². The van der Waals surface area contributed by atoms with Gasteiger partial charge in [-0.25, -0.2) is 0 Å². The molecule has 1 aromatic heterocycles. The summed E-state index contributed by atoms with van der Waals surface area (Å²) in [4.78, 5) is 18.1. The summed E-state index contributed by atoms with van der Waals surface area (Å²) >= 11 is 6.71. The number of nitrogens with zero attached hydrogens (tertiary/aromatic N) is 4.